The van der Waals surface area contributed by atoms with Crippen molar-refractivity contribution in [2.75, 3.05) is 7.11 Å². The van der Waals surface area contributed by atoms with Crippen LogP contribution in [0.1, 0.15) is 31.9 Å². The first kappa shape index (κ1) is 15.9. The van der Waals surface area contributed by atoms with Crippen molar-refractivity contribution in [1.82, 2.24) is 0 Å². The Morgan fingerprint density at radius 3 is 2.18 bits per heavy atom. The molecule has 0 N–H and O–H groups in total. The first-order chi connectivity index (χ1) is 10.6. The largest absolute Gasteiger partial charge is 0.493 e. The van der Waals surface area contributed by atoms with E-state index in [1.54, 1.807) is 7.11 Å². The number of methoxy groups -OCH3 is 1. The molecular weight excluding hydrogens is 272 g/mol. The second-order valence-corrected chi connectivity index (χ2v) is 5.30. The molecule has 0 unspecified atom stereocenters. The number of hydrogen-bond donors (Lipinski definition) is 0. The van der Waals surface area contributed by atoms with Crippen molar-refractivity contribution in [2.45, 2.75) is 20.8 Å². The van der Waals surface area contributed by atoms with Crippen LogP contribution >= 0.6 is 0 Å². The van der Waals surface area contributed by atoms with Crippen molar-refractivity contribution in [1.29, 1.82) is 0 Å². The van der Waals surface area contributed by atoms with Gasteiger partial charge in [-0.25, -0.2) is 0 Å². The van der Waals surface area contributed by atoms with Gasteiger partial charge in [0.1, 0.15) is 5.75 Å². The third-order valence-corrected chi connectivity index (χ3v) is 3.11. The molecule has 0 atom stereocenters. The second-order valence-electron chi connectivity index (χ2n) is 5.30. The first-order valence-corrected chi connectivity index (χ1v) is 7.36. The summed E-state index contributed by atoms with van der Waals surface area (Å²) in [7, 11) is 1.65. The summed E-state index contributed by atoms with van der Waals surface area (Å²) >= 11 is 0. The van der Waals surface area contributed by atoms with Crippen LogP contribution in [0.25, 0.3) is 12.2 Å². The smallest absolute Gasteiger partial charge is 0.169 e. The third kappa shape index (κ3) is 4.26. The monoisotopic (exact) mass is 294 g/mol. The van der Waals surface area contributed by atoms with Crippen LogP contribution in [0.4, 0.5) is 0 Å². The van der Waals surface area contributed by atoms with Crippen LogP contribution < -0.4 is 9.47 Å². The van der Waals surface area contributed by atoms with Crippen LogP contribution in [0.3, 0.4) is 0 Å². The van der Waals surface area contributed by atoms with E-state index in [1.165, 1.54) is 11.1 Å². The van der Waals surface area contributed by atoms with Gasteiger partial charge in [-0.1, -0.05) is 42.0 Å². The van der Waals surface area contributed by atoms with Crippen molar-refractivity contribution >= 4 is 12.2 Å². The minimum atomic E-state index is 0.714. The molecule has 0 aliphatic carbocycles. The fourth-order valence-corrected chi connectivity index (χ4v) is 2.16. The van der Waals surface area contributed by atoms with Gasteiger partial charge in [0.05, 0.1) is 7.11 Å². The van der Waals surface area contributed by atoms with Crippen LogP contribution in [0.2, 0.25) is 0 Å². The molecule has 0 saturated heterocycles. The van der Waals surface area contributed by atoms with E-state index in [2.05, 4.69) is 19.9 Å². The Morgan fingerprint density at radius 1 is 0.909 bits per heavy atom. The van der Waals surface area contributed by atoms with Gasteiger partial charge in [0.2, 0.25) is 0 Å². The SMILES string of the molecule is C/C=C/c1ccc(Oc2ccc(C=C(C)C)cc2)c(OC)c1. The Bertz CT molecular complexity index is 675. The van der Waals surface area contributed by atoms with E-state index in [0.29, 0.717) is 5.75 Å². The van der Waals surface area contributed by atoms with Gasteiger partial charge in [0.25, 0.3) is 0 Å². The summed E-state index contributed by atoms with van der Waals surface area (Å²) in [5.41, 5.74) is 3.53. The van der Waals surface area contributed by atoms with Gasteiger partial charge in [0, 0.05) is 0 Å². The molecule has 0 spiro atoms. The maximum absolute atomic E-state index is 5.92. The average Bonchev–Trinajstić information content (AvgIpc) is 2.50. The summed E-state index contributed by atoms with van der Waals surface area (Å²) in [5, 5.41) is 0. The lowest BCUT2D eigenvalue weighted by molar-refractivity contribution is 0.379. The molecule has 0 aliphatic heterocycles. The summed E-state index contributed by atoms with van der Waals surface area (Å²) in [5.74, 6) is 2.23. The Labute approximate surface area is 132 Å². The van der Waals surface area contributed by atoms with Gasteiger partial charge in [0.15, 0.2) is 11.5 Å². The lowest BCUT2D eigenvalue weighted by Gasteiger charge is -2.11. The minimum absolute atomic E-state index is 0.714. The van der Waals surface area contributed by atoms with E-state index in [4.69, 9.17) is 9.47 Å². The molecule has 22 heavy (non-hydrogen) atoms. The van der Waals surface area contributed by atoms with E-state index in [0.717, 1.165) is 17.1 Å². The van der Waals surface area contributed by atoms with Gasteiger partial charge in [-0.3, -0.25) is 0 Å². The number of allylic oxidation sites excluding steroid dienone is 2. The van der Waals surface area contributed by atoms with E-state index >= 15 is 0 Å². The highest BCUT2D eigenvalue weighted by Gasteiger charge is 2.06. The van der Waals surface area contributed by atoms with E-state index in [-0.39, 0.29) is 0 Å². The van der Waals surface area contributed by atoms with Crippen LogP contribution in [-0.2, 0) is 0 Å². The summed E-state index contributed by atoms with van der Waals surface area (Å²) in [6.45, 7) is 6.16. The molecule has 0 amide bonds. The molecule has 114 valence electrons. The second kappa shape index (κ2) is 7.51. The molecule has 0 aromatic heterocycles. The number of ether oxygens (including phenoxy) is 2. The van der Waals surface area contributed by atoms with Crippen molar-refractivity contribution < 1.29 is 9.47 Å². The van der Waals surface area contributed by atoms with Gasteiger partial charge in [-0.15, -0.1) is 0 Å². The zero-order valence-corrected chi connectivity index (χ0v) is 13.6. The quantitative estimate of drug-likeness (QED) is 0.679. The van der Waals surface area contributed by atoms with Gasteiger partial charge < -0.3 is 9.47 Å². The zero-order valence-electron chi connectivity index (χ0n) is 13.6. The summed E-state index contributed by atoms with van der Waals surface area (Å²) < 4.78 is 11.3. The van der Waals surface area contributed by atoms with Crippen LogP contribution in [0, 0.1) is 0 Å². The fraction of sp³-hybridized carbons (Fsp3) is 0.200. The lowest BCUT2D eigenvalue weighted by Crippen LogP contribution is -1.91. The molecule has 0 bridgehead atoms. The Hall–Kier alpha value is -2.48. The molecule has 0 saturated carbocycles. The molecule has 2 nitrogen and oxygen atoms in total. The topological polar surface area (TPSA) is 18.5 Å². The number of hydrogen-bond acceptors (Lipinski definition) is 2. The van der Waals surface area contributed by atoms with Crippen molar-refractivity contribution in [3.8, 4) is 17.2 Å². The standard InChI is InChI=1S/C20H22O2/c1-5-6-16-9-12-19(20(14-16)21-4)22-18-10-7-17(8-11-18)13-15(2)3/h5-14H,1-4H3/b6-5+. The Kier molecular flexibility index (Phi) is 5.42. The highest BCUT2D eigenvalue weighted by molar-refractivity contribution is 5.57. The highest BCUT2D eigenvalue weighted by atomic mass is 16.5. The molecule has 0 radical (unpaired) electrons. The Balaban J connectivity index is 2.21. The van der Waals surface area contributed by atoms with Crippen LogP contribution in [0.15, 0.2) is 54.1 Å². The molecule has 0 aliphatic rings. The van der Waals surface area contributed by atoms with E-state index in [1.807, 2.05) is 61.5 Å². The van der Waals surface area contributed by atoms with E-state index < -0.39 is 0 Å². The summed E-state index contributed by atoms with van der Waals surface area (Å²) in [6, 6.07) is 13.9. The van der Waals surface area contributed by atoms with Gasteiger partial charge in [-0.05, 0) is 56.2 Å². The summed E-state index contributed by atoms with van der Waals surface area (Å²) in [6.07, 6.45) is 6.16. The number of rotatable bonds is 5. The number of benzene rings is 2. The van der Waals surface area contributed by atoms with E-state index in [9.17, 15) is 0 Å². The normalized spacial score (nSPS) is 10.5. The Morgan fingerprint density at radius 2 is 1.59 bits per heavy atom. The van der Waals surface area contributed by atoms with Crippen molar-refractivity contribution in [3.05, 3.63) is 65.2 Å². The molecule has 2 aromatic rings. The van der Waals surface area contributed by atoms with Crippen molar-refractivity contribution in [2.24, 2.45) is 0 Å². The zero-order chi connectivity index (χ0) is 15.9. The van der Waals surface area contributed by atoms with Gasteiger partial charge in [-0.2, -0.15) is 0 Å². The van der Waals surface area contributed by atoms with Crippen LogP contribution in [-0.4, -0.2) is 7.11 Å². The molecule has 0 heterocycles. The predicted octanol–water partition coefficient (Wildman–Crippen LogP) is 5.94. The predicted molar refractivity (Wildman–Crippen MR) is 93.5 cm³/mol. The first-order valence-electron chi connectivity index (χ1n) is 7.36. The molecule has 2 heteroatoms. The lowest BCUT2D eigenvalue weighted by atomic mass is 10.1. The van der Waals surface area contributed by atoms with Crippen molar-refractivity contribution in [3.63, 3.8) is 0 Å². The van der Waals surface area contributed by atoms with Crippen LogP contribution in [0.5, 0.6) is 17.2 Å². The fourth-order valence-electron chi connectivity index (χ4n) is 2.16. The minimum Gasteiger partial charge on any atom is -0.493 e. The average molecular weight is 294 g/mol. The third-order valence-electron chi connectivity index (χ3n) is 3.11. The molecule has 2 aromatic carbocycles. The van der Waals surface area contributed by atoms with Gasteiger partial charge >= 0.3 is 0 Å². The summed E-state index contributed by atoms with van der Waals surface area (Å²) in [4.78, 5) is 0. The molecule has 0 fully saturated rings. The molecular formula is C20H22O2. The highest BCUT2D eigenvalue weighted by Crippen LogP contribution is 2.32. The molecule has 2 rings (SSSR count). The maximum atomic E-state index is 5.92. The maximum Gasteiger partial charge on any atom is 0.169 e.